The molecule has 3 unspecified atom stereocenters. The van der Waals surface area contributed by atoms with Crippen molar-refractivity contribution in [1.82, 2.24) is 5.32 Å². The number of hydrogen-bond acceptors (Lipinski definition) is 6. The fourth-order valence-electron chi connectivity index (χ4n) is 9.31. The van der Waals surface area contributed by atoms with Gasteiger partial charge in [0.1, 0.15) is 13.2 Å². The van der Waals surface area contributed by atoms with Gasteiger partial charge in [0.2, 0.25) is 5.91 Å². The van der Waals surface area contributed by atoms with Crippen LogP contribution in [-0.4, -0.2) is 68.5 Å². The number of unbranched alkanes of at least 4 members (excludes halogenated alkanes) is 36. The Morgan fingerprint density at radius 2 is 0.776 bits per heavy atom. The number of phosphoric ester groups is 1. The number of aliphatic hydroxyl groups excluding tert-OH is 1. The summed E-state index contributed by atoms with van der Waals surface area (Å²) >= 11 is 0. The van der Waals surface area contributed by atoms with Crippen molar-refractivity contribution < 1.29 is 32.9 Å². The lowest BCUT2D eigenvalue weighted by atomic mass is 10.0. The largest absolute Gasteiger partial charge is 0.756 e. The first kappa shape index (κ1) is 73.9. The van der Waals surface area contributed by atoms with Crippen LogP contribution in [-0.2, 0) is 18.4 Å². The summed E-state index contributed by atoms with van der Waals surface area (Å²) in [5.74, 6) is -0.215. The second-order valence-electron chi connectivity index (χ2n) is 23.1. The van der Waals surface area contributed by atoms with Crippen LogP contribution in [0, 0.1) is 0 Å². The van der Waals surface area contributed by atoms with Gasteiger partial charge in [-0.1, -0.05) is 279 Å². The molecule has 0 radical (unpaired) electrons. The van der Waals surface area contributed by atoms with E-state index in [1.54, 1.807) is 6.08 Å². The number of aliphatic hydroxyl groups is 1. The first-order valence-corrected chi connectivity index (χ1v) is 33.8. The van der Waals surface area contributed by atoms with E-state index in [9.17, 15) is 19.4 Å². The molecule has 0 saturated heterocycles. The van der Waals surface area contributed by atoms with Crippen LogP contribution in [0.1, 0.15) is 296 Å². The third-order valence-corrected chi connectivity index (χ3v) is 15.3. The molecule has 0 fully saturated rings. The van der Waals surface area contributed by atoms with E-state index >= 15 is 0 Å². The fraction of sp³-hybridized carbons (Fsp3) is 0.806. The van der Waals surface area contributed by atoms with E-state index in [-0.39, 0.29) is 12.5 Å². The lowest BCUT2D eigenvalue weighted by Gasteiger charge is -2.29. The van der Waals surface area contributed by atoms with Crippen molar-refractivity contribution in [2.75, 3.05) is 40.9 Å². The molecule has 2 N–H and O–H groups in total. The van der Waals surface area contributed by atoms with Gasteiger partial charge in [0.15, 0.2) is 0 Å². The van der Waals surface area contributed by atoms with E-state index in [4.69, 9.17) is 9.05 Å². The molecule has 0 rings (SSSR count). The molecule has 0 spiro atoms. The number of phosphoric acid groups is 1. The molecule has 0 aromatic heterocycles. The minimum Gasteiger partial charge on any atom is -0.756 e. The van der Waals surface area contributed by atoms with Gasteiger partial charge in [0.25, 0.3) is 7.82 Å². The van der Waals surface area contributed by atoms with Gasteiger partial charge in [-0.2, -0.15) is 0 Å². The quantitative estimate of drug-likeness (QED) is 0.0272. The summed E-state index contributed by atoms with van der Waals surface area (Å²) in [5.41, 5.74) is 0. The van der Waals surface area contributed by atoms with Crippen molar-refractivity contribution >= 4 is 13.7 Å². The number of carbonyl (C=O) groups excluding carboxylic acids is 1. The van der Waals surface area contributed by atoms with Gasteiger partial charge in [-0.15, -0.1) is 0 Å². The van der Waals surface area contributed by atoms with E-state index in [2.05, 4.69) is 79.9 Å². The molecule has 0 aliphatic carbocycles. The van der Waals surface area contributed by atoms with Crippen molar-refractivity contribution in [3.63, 3.8) is 0 Å². The highest BCUT2D eigenvalue weighted by Crippen LogP contribution is 2.38. The third kappa shape index (κ3) is 59.6. The van der Waals surface area contributed by atoms with E-state index in [0.29, 0.717) is 17.4 Å². The Balaban J connectivity index is 4.22. The summed E-state index contributed by atoms with van der Waals surface area (Å²) in [6.07, 6.45) is 80.1. The van der Waals surface area contributed by atoms with Gasteiger partial charge in [-0.25, -0.2) is 0 Å². The van der Waals surface area contributed by atoms with Crippen LogP contribution in [0.15, 0.2) is 72.9 Å². The molecular formula is C67H125N2O6P. The Labute approximate surface area is 472 Å². The number of carbonyl (C=O) groups is 1. The van der Waals surface area contributed by atoms with Crippen LogP contribution in [0.25, 0.3) is 0 Å². The summed E-state index contributed by atoms with van der Waals surface area (Å²) in [6, 6.07) is -0.917. The van der Waals surface area contributed by atoms with Crippen molar-refractivity contribution in [1.29, 1.82) is 0 Å². The molecule has 0 saturated carbocycles. The molecule has 0 bridgehead atoms. The van der Waals surface area contributed by atoms with Crippen molar-refractivity contribution in [2.45, 2.75) is 309 Å². The van der Waals surface area contributed by atoms with Gasteiger partial charge in [0.05, 0.1) is 39.9 Å². The number of quaternary nitrogens is 1. The minimum absolute atomic E-state index is 0.0123. The summed E-state index contributed by atoms with van der Waals surface area (Å²) in [6.45, 7) is 4.63. The zero-order valence-corrected chi connectivity index (χ0v) is 51.6. The lowest BCUT2D eigenvalue weighted by Crippen LogP contribution is -2.45. The highest BCUT2D eigenvalue weighted by molar-refractivity contribution is 7.45. The Kier molecular flexibility index (Phi) is 56.1. The topological polar surface area (TPSA) is 108 Å². The lowest BCUT2D eigenvalue weighted by molar-refractivity contribution is -0.870. The molecule has 0 aromatic carbocycles. The predicted molar refractivity (Wildman–Crippen MR) is 330 cm³/mol. The van der Waals surface area contributed by atoms with Crippen molar-refractivity contribution in [3.8, 4) is 0 Å². The second kappa shape index (κ2) is 57.6. The molecule has 76 heavy (non-hydrogen) atoms. The standard InChI is InChI=1S/C67H125N2O6P/c1-6-8-10-12-14-16-18-20-22-24-26-28-30-32-33-34-35-37-38-40-42-44-46-48-50-52-54-56-58-60-66(70)65(64-75-76(72,73)74-63-62-69(3,4)5)68-67(71)61-59-57-55-53-51-49-47-45-43-41-39-36-31-29-27-25-23-21-19-17-15-13-11-9-7-2/h19,21,25,27,31,36,42,44,50,52,58,60,65-66,70H,6-18,20,22-24,26,28-30,32-35,37-41,43,45-49,51,53-57,59,61-64H2,1-5H3,(H-,68,71,72,73)/b21-19-,27-25-,36-31-,44-42+,52-50+,60-58+. The van der Waals surface area contributed by atoms with Crippen LogP contribution < -0.4 is 10.2 Å². The molecule has 0 aromatic rings. The average Bonchev–Trinajstić information content (AvgIpc) is 3.38. The number of hydrogen-bond donors (Lipinski definition) is 2. The third-order valence-electron chi connectivity index (χ3n) is 14.4. The average molecular weight is 1090 g/mol. The van der Waals surface area contributed by atoms with Gasteiger partial charge in [0, 0.05) is 6.42 Å². The molecule has 0 aliphatic rings. The van der Waals surface area contributed by atoms with E-state index < -0.39 is 26.6 Å². The highest BCUT2D eigenvalue weighted by atomic mass is 31.2. The monoisotopic (exact) mass is 1080 g/mol. The molecule has 444 valence electrons. The van der Waals surface area contributed by atoms with Crippen LogP contribution in [0.4, 0.5) is 0 Å². The van der Waals surface area contributed by atoms with Crippen molar-refractivity contribution in [2.24, 2.45) is 0 Å². The zero-order chi connectivity index (χ0) is 55.6. The van der Waals surface area contributed by atoms with Gasteiger partial charge >= 0.3 is 0 Å². The molecular weight excluding hydrogens is 960 g/mol. The van der Waals surface area contributed by atoms with E-state index in [1.165, 1.54) is 218 Å². The predicted octanol–water partition coefficient (Wildman–Crippen LogP) is 19.6. The first-order valence-electron chi connectivity index (χ1n) is 32.3. The molecule has 8 nitrogen and oxygen atoms in total. The van der Waals surface area contributed by atoms with Crippen LogP contribution in [0.3, 0.4) is 0 Å². The Hall–Kier alpha value is -2.06. The summed E-state index contributed by atoms with van der Waals surface area (Å²) < 4.78 is 23.4. The Morgan fingerprint density at radius 1 is 0.461 bits per heavy atom. The van der Waals surface area contributed by atoms with Crippen molar-refractivity contribution in [3.05, 3.63) is 72.9 Å². The maximum atomic E-state index is 13.0. The second-order valence-corrected chi connectivity index (χ2v) is 24.5. The van der Waals surface area contributed by atoms with Gasteiger partial charge < -0.3 is 28.8 Å². The molecule has 9 heteroatoms. The van der Waals surface area contributed by atoms with Crippen LogP contribution in [0.5, 0.6) is 0 Å². The normalized spacial score (nSPS) is 14.2. The smallest absolute Gasteiger partial charge is 0.268 e. The minimum atomic E-state index is -4.62. The first-order chi connectivity index (χ1) is 37.0. The molecule has 0 heterocycles. The molecule has 3 atom stereocenters. The van der Waals surface area contributed by atoms with E-state index in [1.807, 2.05) is 27.2 Å². The summed E-state index contributed by atoms with van der Waals surface area (Å²) in [5, 5.41) is 13.9. The number of allylic oxidation sites excluding steroid dienone is 11. The summed E-state index contributed by atoms with van der Waals surface area (Å²) in [7, 11) is 1.23. The Morgan fingerprint density at radius 3 is 1.16 bits per heavy atom. The maximum absolute atomic E-state index is 13.0. The summed E-state index contributed by atoms with van der Waals surface area (Å²) in [4.78, 5) is 25.6. The zero-order valence-electron chi connectivity index (χ0n) is 50.7. The van der Waals surface area contributed by atoms with Crippen LogP contribution in [0.2, 0.25) is 0 Å². The fourth-order valence-corrected chi connectivity index (χ4v) is 10.0. The molecule has 0 aliphatic heterocycles. The number of rotatable bonds is 59. The highest BCUT2D eigenvalue weighted by Gasteiger charge is 2.23. The Bertz CT molecular complexity index is 1470. The number of nitrogens with zero attached hydrogens (tertiary/aromatic N) is 1. The van der Waals surface area contributed by atoms with Gasteiger partial charge in [-0.3, -0.25) is 9.36 Å². The number of likely N-dealkylation sites (N-methyl/N-ethyl adjacent to an activating group) is 1. The van der Waals surface area contributed by atoms with Gasteiger partial charge in [-0.05, 0) is 83.5 Å². The maximum Gasteiger partial charge on any atom is 0.268 e. The SMILES string of the molecule is CCCCCCC/C=C\C/C=C\C/C=C\CCCCCCCCCCCCC(=O)NC(COP(=O)([O-])OCC[N+](C)(C)C)C(O)/C=C/CC/C=C/CC/C=C/CCCCCCCCCCCCCCCCCCCCC. The molecule has 1 amide bonds. The number of amides is 1. The number of nitrogens with one attached hydrogen (secondary N) is 1. The van der Waals surface area contributed by atoms with Crippen LogP contribution >= 0.6 is 7.82 Å². The van der Waals surface area contributed by atoms with E-state index in [0.717, 1.165) is 57.8 Å².